The zero-order valence-corrected chi connectivity index (χ0v) is 7.88. The second-order valence-corrected chi connectivity index (χ2v) is 2.46. The summed E-state index contributed by atoms with van der Waals surface area (Å²) in [5.41, 5.74) is 0. The van der Waals surface area contributed by atoms with Gasteiger partial charge in [0.15, 0.2) is 0 Å². The number of hydrogen-bond donors (Lipinski definition) is 1. The minimum absolute atomic E-state index is 0.0255. The number of carboxylic acid groups (broad SMARTS) is 1. The third kappa shape index (κ3) is 13.3. The predicted molar refractivity (Wildman–Crippen MR) is 40.6 cm³/mol. The van der Waals surface area contributed by atoms with Gasteiger partial charge in [-0.05, 0) is 13.8 Å². The summed E-state index contributed by atoms with van der Waals surface area (Å²) >= 11 is 0. The van der Waals surface area contributed by atoms with Crippen molar-refractivity contribution in [1.29, 1.82) is 0 Å². The van der Waals surface area contributed by atoms with Gasteiger partial charge < -0.3 is 9.84 Å². The van der Waals surface area contributed by atoms with Gasteiger partial charge in [-0.1, -0.05) is 0 Å². The molecule has 1 N–H and O–H groups in total. The Bertz CT molecular complexity index is 198. The van der Waals surface area contributed by atoms with E-state index in [9.17, 15) is 18.0 Å². The fourth-order valence-electron chi connectivity index (χ4n) is 0.332. The van der Waals surface area contributed by atoms with Crippen LogP contribution in [0, 0.1) is 0 Å². The van der Waals surface area contributed by atoms with E-state index in [1.807, 2.05) is 13.8 Å². The number of carbonyl (C=O) groups excluding carboxylic acids is 1. The number of ether oxygens (including phenoxy) is 1. The number of aliphatic carboxylic acids is 1. The second kappa shape index (κ2) is 6.22. The number of carbonyl (C=O) groups is 2. The van der Waals surface area contributed by atoms with Gasteiger partial charge in [0.05, 0.1) is 6.10 Å². The Balaban J connectivity index is 0. The Labute approximate surface area is 78.7 Å². The van der Waals surface area contributed by atoms with Crippen molar-refractivity contribution in [2.75, 3.05) is 0 Å². The average molecular weight is 216 g/mol. The predicted octanol–water partition coefficient (Wildman–Crippen LogP) is 1.59. The highest BCUT2D eigenvalue weighted by Gasteiger charge is 2.38. The first-order chi connectivity index (χ1) is 6.07. The van der Waals surface area contributed by atoms with E-state index < -0.39 is 12.1 Å². The summed E-state index contributed by atoms with van der Waals surface area (Å²) in [6.07, 6.45) is -5.06. The molecule has 0 aliphatic rings. The molecule has 0 aromatic heterocycles. The van der Waals surface area contributed by atoms with Gasteiger partial charge in [-0.15, -0.1) is 0 Å². The first-order valence-corrected chi connectivity index (χ1v) is 3.54. The molecule has 4 nitrogen and oxygen atoms in total. The molecular weight excluding hydrogens is 205 g/mol. The van der Waals surface area contributed by atoms with Gasteiger partial charge in [0.1, 0.15) is 0 Å². The summed E-state index contributed by atoms with van der Waals surface area (Å²) < 4.78 is 36.3. The van der Waals surface area contributed by atoms with Crippen molar-refractivity contribution in [2.45, 2.75) is 33.1 Å². The Morgan fingerprint density at radius 1 is 1.29 bits per heavy atom. The molecule has 0 fully saturated rings. The lowest BCUT2D eigenvalue weighted by atomic mass is 10.5. The van der Waals surface area contributed by atoms with Crippen molar-refractivity contribution >= 4 is 11.9 Å². The van der Waals surface area contributed by atoms with Crippen molar-refractivity contribution in [2.24, 2.45) is 0 Å². The smallest absolute Gasteiger partial charge is 0.475 e. The van der Waals surface area contributed by atoms with Crippen LogP contribution < -0.4 is 0 Å². The number of hydrogen-bond acceptors (Lipinski definition) is 3. The SMILES string of the molecule is CC(=O)OC(C)C.O=C(O)C(F)(F)F. The Hall–Kier alpha value is -1.27. The van der Waals surface area contributed by atoms with Crippen LogP contribution in [0.15, 0.2) is 0 Å². The Morgan fingerprint density at radius 2 is 1.57 bits per heavy atom. The van der Waals surface area contributed by atoms with E-state index >= 15 is 0 Å². The highest BCUT2D eigenvalue weighted by Crippen LogP contribution is 2.13. The summed E-state index contributed by atoms with van der Waals surface area (Å²) in [5.74, 6) is -2.97. The summed E-state index contributed by atoms with van der Waals surface area (Å²) in [7, 11) is 0. The zero-order valence-electron chi connectivity index (χ0n) is 7.88. The van der Waals surface area contributed by atoms with Gasteiger partial charge in [0.2, 0.25) is 0 Å². The molecule has 0 bridgehead atoms. The molecule has 7 heteroatoms. The van der Waals surface area contributed by atoms with Gasteiger partial charge in [-0.2, -0.15) is 13.2 Å². The van der Waals surface area contributed by atoms with E-state index in [0.29, 0.717) is 0 Å². The van der Waals surface area contributed by atoms with E-state index in [2.05, 4.69) is 4.74 Å². The number of esters is 1. The number of halogens is 3. The summed E-state index contributed by atoms with van der Waals surface area (Å²) in [6, 6.07) is 0. The number of rotatable bonds is 1. The molecule has 0 saturated carbocycles. The molecule has 0 saturated heterocycles. The lowest BCUT2D eigenvalue weighted by Gasteiger charge is -2.01. The van der Waals surface area contributed by atoms with Crippen LogP contribution in [0.1, 0.15) is 20.8 Å². The van der Waals surface area contributed by atoms with E-state index in [1.54, 1.807) is 0 Å². The van der Waals surface area contributed by atoms with Gasteiger partial charge in [0.25, 0.3) is 0 Å². The lowest BCUT2D eigenvalue weighted by molar-refractivity contribution is -0.192. The maximum atomic E-state index is 10.6. The molecule has 0 unspecified atom stereocenters. The maximum absolute atomic E-state index is 10.6. The minimum Gasteiger partial charge on any atom is -0.475 e. The molecular formula is C7H11F3O4. The summed E-state index contributed by atoms with van der Waals surface area (Å²) in [4.78, 5) is 18.9. The molecule has 0 aliphatic carbocycles. The second-order valence-electron chi connectivity index (χ2n) is 2.46. The minimum atomic E-state index is -5.08. The third-order valence-corrected chi connectivity index (χ3v) is 0.644. The fourth-order valence-corrected chi connectivity index (χ4v) is 0.332. The zero-order chi connectivity index (χ0) is 11.9. The fraction of sp³-hybridized carbons (Fsp3) is 0.714. The molecule has 0 radical (unpaired) electrons. The monoisotopic (exact) mass is 216 g/mol. The van der Waals surface area contributed by atoms with Crippen LogP contribution in [-0.2, 0) is 14.3 Å². The normalized spacial score (nSPS) is 10.2. The van der Waals surface area contributed by atoms with Crippen LogP contribution in [-0.4, -0.2) is 29.3 Å². The Morgan fingerprint density at radius 3 is 1.57 bits per heavy atom. The van der Waals surface area contributed by atoms with Crippen molar-refractivity contribution in [1.82, 2.24) is 0 Å². The summed E-state index contributed by atoms with van der Waals surface area (Å²) in [6.45, 7) is 5.04. The highest BCUT2D eigenvalue weighted by atomic mass is 19.4. The first kappa shape index (κ1) is 15.2. The molecule has 14 heavy (non-hydrogen) atoms. The largest absolute Gasteiger partial charge is 0.490 e. The molecule has 0 amide bonds. The van der Waals surface area contributed by atoms with E-state index in [0.717, 1.165) is 0 Å². The highest BCUT2D eigenvalue weighted by molar-refractivity contribution is 5.73. The van der Waals surface area contributed by atoms with Gasteiger partial charge in [0, 0.05) is 6.92 Å². The quantitative estimate of drug-likeness (QED) is 0.676. The van der Waals surface area contributed by atoms with E-state index in [1.165, 1.54) is 6.92 Å². The average Bonchev–Trinajstić information content (AvgIpc) is 1.81. The molecule has 0 spiro atoms. The molecule has 0 atom stereocenters. The van der Waals surface area contributed by atoms with Gasteiger partial charge in [-0.3, -0.25) is 4.79 Å². The van der Waals surface area contributed by atoms with Crippen LogP contribution in [0.4, 0.5) is 13.2 Å². The van der Waals surface area contributed by atoms with Crippen LogP contribution >= 0.6 is 0 Å². The lowest BCUT2D eigenvalue weighted by Crippen LogP contribution is -2.21. The molecule has 0 heterocycles. The van der Waals surface area contributed by atoms with Crippen molar-refractivity contribution < 1.29 is 32.6 Å². The van der Waals surface area contributed by atoms with E-state index in [-0.39, 0.29) is 12.1 Å². The number of carboxylic acids is 1. The Kier molecular flexibility index (Phi) is 6.76. The van der Waals surface area contributed by atoms with Crippen molar-refractivity contribution in [3.05, 3.63) is 0 Å². The third-order valence-electron chi connectivity index (χ3n) is 0.644. The molecule has 0 aliphatic heterocycles. The molecule has 84 valence electrons. The van der Waals surface area contributed by atoms with Crippen LogP contribution in [0.25, 0.3) is 0 Å². The molecule has 0 aromatic rings. The van der Waals surface area contributed by atoms with Crippen LogP contribution in [0.3, 0.4) is 0 Å². The topological polar surface area (TPSA) is 63.6 Å². The first-order valence-electron chi connectivity index (χ1n) is 3.54. The standard InChI is InChI=1S/C5H10O2.C2HF3O2/c1-4(2)7-5(3)6;3-2(4,5)1(6)7/h4H,1-3H3;(H,6,7). The van der Waals surface area contributed by atoms with E-state index in [4.69, 9.17) is 9.90 Å². The van der Waals surface area contributed by atoms with Crippen molar-refractivity contribution in [3.8, 4) is 0 Å². The van der Waals surface area contributed by atoms with Gasteiger partial charge >= 0.3 is 18.1 Å². The number of alkyl halides is 3. The maximum Gasteiger partial charge on any atom is 0.490 e. The summed E-state index contributed by atoms with van der Waals surface area (Å²) in [5, 5.41) is 7.12. The molecule has 0 rings (SSSR count). The van der Waals surface area contributed by atoms with Crippen LogP contribution in [0.5, 0.6) is 0 Å². The van der Waals surface area contributed by atoms with Crippen LogP contribution in [0.2, 0.25) is 0 Å². The molecule has 0 aromatic carbocycles. The van der Waals surface area contributed by atoms with Gasteiger partial charge in [-0.25, -0.2) is 4.79 Å². The van der Waals surface area contributed by atoms with Crippen molar-refractivity contribution in [3.63, 3.8) is 0 Å².